The SMILES string of the molecule is CC1C=CC2Sc3cccc(-c4cc(-c5cccc6c5OC5=C(C=CCC5)S6)c5oc6cccc(-c7nc(C8=CC=CCC8)nc(-c8ccccc8)n7)c6c5c4)c3OC2(C)C1. The van der Waals surface area contributed by atoms with Crippen LogP contribution in [-0.4, -0.2) is 25.8 Å². The van der Waals surface area contributed by atoms with Gasteiger partial charge in [-0.1, -0.05) is 122 Å². The quantitative estimate of drug-likeness (QED) is 0.159. The molecule has 2 aromatic heterocycles. The van der Waals surface area contributed by atoms with E-state index in [0.717, 1.165) is 120 Å². The summed E-state index contributed by atoms with van der Waals surface area (Å²) in [6, 6.07) is 34.0. The van der Waals surface area contributed by atoms with Crippen molar-refractivity contribution >= 4 is 51.0 Å². The van der Waals surface area contributed by atoms with E-state index in [-0.39, 0.29) is 10.9 Å². The van der Waals surface area contributed by atoms with Crippen LogP contribution in [0.15, 0.2) is 164 Å². The summed E-state index contributed by atoms with van der Waals surface area (Å²) in [5.74, 6) is 5.21. The largest absolute Gasteiger partial charge is 0.484 e. The highest BCUT2D eigenvalue weighted by molar-refractivity contribution is 8.03. The van der Waals surface area contributed by atoms with Crippen molar-refractivity contribution in [1.29, 1.82) is 0 Å². The van der Waals surface area contributed by atoms with Crippen LogP contribution >= 0.6 is 23.5 Å². The summed E-state index contributed by atoms with van der Waals surface area (Å²) in [5.41, 5.74) is 8.19. The van der Waals surface area contributed by atoms with Gasteiger partial charge in [-0.05, 0) is 86.1 Å². The van der Waals surface area contributed by atoms with Crippen LogP contribution in [0.1, 0.15) is 51.8 Å². The smallest absolute Gasteiger partial charge is 0.164 e. The lowest BCUT2D eigenvalue weighted by atomic mass is 9.84. The molecule has 0 fully saturated rings. The van der Waals surface area contributed by atoms with Crippen LogP contribution in [0.5, 0.6) is 11.5 Å². The summed E-state index contributed by atoms with van der Waals surface area (Å²) in [4.78, 5) is 18.9. The third-order valence-corrected chi connectivity index (χ3v) is 15.0. The van der Waals surface area contributed by atoms with Gasteiger partial charge in [0.1, 0.15) is 34.0 Å². The van der Waals surface area contributed by atoms with Crippen LogP contribution in [0.3, 0.4) is 0 Å². The number of allylic oxidation sites excluding steroid dienone is 8. The maximum atomic E-state index is 7.20. The molecule has 0 radical (unpaired) electrons. The van der Waals surface area contributed by atoms with Crippen LogP contribution in [0.25, 0.3) is 72.5 Å². The molecule has 2 aliphatic heterocycles. The van der Waals surface area contributed by atoms with Gasteiger partial charge in [-0.15, -0.1) is 11.8 Å². The van der Waals surface area contributed by atoms with Crippen molar-refractivity contribution in [2.75, 3.05) is 0 Å². The minimum Gasteiger partial charge on any atom is -0.484 e. The zero-order valence-electron chi connectivity index (χ0n) is 33.9. The molecule has 6 nitrogen and oxygen atoms in total. The number of hydrogen-bond acceptors (Lipinski definition) is 8. The molecule has 8 heteroatoms. The normalized spacial score (nSPS) is 21.3. The Morgan fingerprint density at radius 3 is 2.39 bits per heavy atom. The molecule has 298 valence electrons. The van der Waals surface area contributed by atoms with Gasteiger partial charge in [-0.3, -0.25) is 0 Å². The molecule has 5 aromatic carbocycles. The average Bonchev–Trinajstić information content (AvgIpc) is 3.69. The number of aromatic nitrogens is 3. The van der Waals surface area contributed by atoms with Crippen LogP contribution in [0, 0.1) is 5.92 Å². The highest BCUT2D eigenvalue weighted by atomic mass is 32.2. The number of hydrogen-bond donors (Lipinski definition) is 0. The first-order valence-corrected chi connectivity index (χ1v) is 22.9. The fourth-order valence-electron chi connectivity index (χ4n) is 9.48. The summed E-state index contributed by atoms with van der Waals surface area (Å²) in [7, 11) is 0. The van der Waals surface area contributed by atoms with Crippen molar-refractivity contribution < 1.29 is 13.9 Å². The number of para-hydroxylation sites is 2. The highest BCUT2D eigenvalue weighted by Gasteiger charge is 2.44. The molecule has 0 bridgehead atoms. The summed E-state index contributed by atoms with van der Waals surface area (Å²) in [6.45, 7) is 4.55. The maximum Gasteiger partial charge on any atom is 0.164 e. The number of furan rings is 1. The lowest BCUT2D eigenvalue weighted by Gasteiger charge is -2.44. The fraction of sp³-hybridized carbons (Fsp3) is 0.189. The molecule has 4 heterocycles. The summed E-state index contributed by atoms with van der Waals surface area (Å²) < 4.78 is 21.1. The Balaban J connectivity index is 1.11. The topological polar surface area (TPSA) is 70.3 Å². The second-order valence-electron chi connectivity index (χ2n) is 16.7. The molecule has 0 spiro atoms. The van der Waals surface area contributed by atoms with E-state index in [2.05, 4.69) is 129 Å². The van der Waals surface area contributed by atoms with E-state index in [9.17, 15) is 0 Å². The molecule has 7 aromatic rings. The van der Waals surface area contributed by atoms with Crippen molar-refractivity contribution in [2.45, 2.75) is 66.6 Å². The van der Waals surface area contributed by atoms with Crippen molar-refractivity contribution in [2.24, 2.45) is 5.92 Å². The maximum absolute atomic E-state index is 7.20. The lowest BCUT2D eigenvalue weighted by molar-refractivity contribution is 0.0649. The zero-order chi connectivity index (χ0) is 40.7. The van der Waals surface area contributed by atoms with Gasteiger partial charge >= 0.3 is 0 Å². The van der Waals surface area contributed by atoms with E-state index in [1.54, 1.807) is 11.8 Å². The van der Waals surface area contributed by atoms with Crippen molar-refractivity contribution in [3.8, 4) is 56.5 Å². The molecule has 12 rings (SSSR count). The fourth-order valence-corrected chi connectivity index (χ4v) is 11.8. The summed E-state index contributed by atoms with van der Waals surface area (Å²) in [6.07, 6.45) is 20.1. The molecule has 3 unspecified atom stereocenters. The number of benzene rings is 5. The molecular weight excluding hydrogens is 791 g/mol. The van der Waals surface area contributed by atoms with Gasteiger partial charge in [0, 0.05) is 45.0 Å². The van der Waals surface area contributed by atoms with E-state index in [1.165, 1.54) is 4.91 Å². The van der Waals surface area contributed by atoms with Crippen molar-refractivity contribution in [3.05, 3.63) is 156 Å². The van der Waals surface area contributed by atoms with Gasteiger partial charge in [-0.2, -0.15) is 0 Å². The molecule has 0 N–H and O–H groups in total. The molecule has 5 aliphatic rings. The van der Waals surface area contributed by atoms with E-state index < -0.39 is 0 Å². The molecule has 0 amide bonds. The van der Waals surface area contributed by atoms with Crippen LogP contribution in [0.2, 0.25) is 0 Å². The van der Waals surface area contributed by atoms with Crippen LogP contribution in [-0.2, 0) is 0 Å². The highest BCUT2D eigenvalue weighted by Crippen LogP contribution is 2.55. The number of nitrogens with zero attached hydrogens (tertiary/aromatic N) is 3. The monoisotopic (exact) mass is 831 g/mol. The Morgan fingerprint density at radius 1 is 0.705 bits per heavy atom. The lowest BCUT2D eigenvalue weighted by Crippen LogP contribution is -2.47. The Labute approximate surface area is 363 Å². The Kier molecular flexibility index (Phi) is 8.75. The van der Waals surface area contributed by atoms with Gasteiger partial charge in [0.15, 0.2) is 17.5 Å². The Hall–Kier alpha value is -6.09. The predicted octanol–water partition coefficient (Wildman–Crippen LogP) is 14.4. The van der Waals surface area contributed by atoms with Crippen molar-refractivity contribution in [3.63, 3.8) is 0 Å². The van der Waals surface area contributed by atoms with Gasteiger partial charge in [0.2, 0.25) is 0 Å². The van der Waals surface area contributed by atoms with Gasteiger partial charge in [-0.25, -0.2) is 15.0 Å². The second-order valence-corrected chi connectivity index (χ2v) is 19.0. The number of rotatable bonds is 5. The third-order valence-electron chi connectivity index (χ3n) is 12.4. The predicted molar refractivity (Wildman–Crippen MR) is 249 cm³/mol. The van der Waals surface area contributed by atoms with Crippen LogP contribution in [0.4, 0.5) is 0 Å². The molecular formula is C53H41N3O3S2. The van der Waals surface area contributed by atoms with Gasteiger partial charge < -0.3 is 13.9 Å². The first-order valence-electron chi connectivity index (χ1n) is 21.2. The third kappa shape index (κ3) is 6.30. The average molecular weight is 832 g/mol. The number of thioether (sulfide) groups is 2. The molecule has 3 aliphatic carbocycles. The zero-order valence-corrected chi connectivity index (χ0v) is 35.5. The molecule has 61 heavy (non-hydrogen) atoms. The number of fused-ring (bicyclic) bond motifs is 6. The standard InChI is InChI=1S/C53H41N3O3S2/c1-31-26-27-45-53(2,30-31)59-49-35(18-12-25-44(49)61-45)34-28-38(36-19-13-24-43-48(36)57-40-21-9-10-23-42(40)60-43)47-39(29-34)46-37(20-11-22-41(46)58-47)52-55-50(32-14-5-3-6-15-32)54-51(56-52)33-16-7-4-8-17-33/h3-7,10-16,18-20,22-29,31,45H,8-9,17,21,30H2,1-2H3. The first kappa shape index (κ1) is 36.7. The van der Waals surface area contributed by atoms with Crippen molar-refractivity contribution in [1.82, 2.24) is 15.0 Å². The van der Waals surface area contributed by atoms with E-state index in [4.69, 9.17) is 28.8 Å². The van der Waals surface area contributed by atoms with E-state index in [1.807, 2.05) is 36.0 Å². The molecule has 0 saturated heterocycles. The minimum atomic E-state index is -0.329. The second kappa shape index (κ2) is 14.5. The number of ether oxygens (including phenoxy) is 2. The minimum absolute atomic E-state index is 0.246. The molecule has 0 saturated carbocycles. The first-order chi connectivity index (χ1) is 30.0. The van der Waals surface area contributed by atoms with E-state index in [0.29, 0.717) is 23.4 Å². The molecule has 3 atom stereocenters. The summed E-state index contributed by atoms with van der Waals surface area (Å²) in [5, 5.41) is 2.17. The van der Waals surface area contributed by atoms with Gasteiger partial charge in [0.05, 0.1) is 19.9 Å². The Morgan fingerprint density at radius 2 is 1.51 bits per heavy atom. The van der Waals surface area contributed by atoms with E-state index >= 15 is 0 Å². The van der Waals surface area contributed by atoms with Gasteiger partial charge in [0.25, 0.3) is 0 Å². The Bertz CT molecular complexity index is 3120. The summed E-state index contributed by atoms with van der Waals surface area (Å²) >= 11 is 3.68. The van der Waals surface area contributed by atoms with Crippen LogP contribution < -0.4 is 9.47 Å².